The minimum Gasteiger partial charge on any atom is -0.469 e. The molecule has 1 aliphatic heterocycles. The topological polar surface area (TPSA) is 44.8 Å². The molecule has 4 rings (SSSR count). The zero-order valence-electron chi connectivity index (χ0n) is 17.2. The van der Waals surface area contributed by atoms with Gasteiger partial charge < -0.3 is 14.0 Å². The first-order chi connectivity index (χ1) is 12.7. The Kier molecular flexibility index (Phi) is 4.47. The number of rotatable bonds is 3. The van der Waals surface area contributed by atoms with Crippen molar-refractivity contribution in [3.8, 4) is 0 Å². The van der Waals surface area contributed by atoms with E-state index in [9.17, 15) is 4.79 Å². The summed E-state index contributed by atoms with van der Waals surface area (Å²) in [5.41, 5.74) is 2.09. The van der Waals surface area contributed by atoms with Gasteiger partial charge >= 0.3 is 13.1 Å². The van der Waals surface area contributed by atoms with E-state index in [2.05, 4.69) is 52.0 Å². The fourth-order valence-corrected chi connectivity index (χ4v) is 4.81. The first kappa shape index (κ1) is 19.0. The summed E-state index contributed by atoms with van der Waals surface area (Å²) in [4.78, 5) is 11.8. The number of hydrogen-bond acceptors (Lipinski definition) is 4. The number of carbonyl (C=O) groups excluding carboxylic acids is 1. The summed E-state index contributed by atoms with van der Waals surface area (Å²) in [7, 11) is 1.20. The molecule has 2 saturated carbocycles. The lowest BCUT2D eigenvalue weighted by molar-refractivity contribution is -0.143. The average Bonchev–Trinajstić information content (AvgIpc) is 3.28. The van der Waals surface area contributed by atoms with Crippen molar-refractivity contribution < 1.29 is 18.8 Å². The minimum absolute atomic E-state index is 0.0137. The van der Waals surface area contributed by atoms with Gasteiger partial charge in [0, 0.05) is 0 Å². The summed E-state index contributed by atoms with van der Waals surface area (Å²) in [6, 6.07) is 8.76. The molecule has 2 aliphatic carbocycles. The molecule has 0 N–H and O–H groups in total. The molecule has 5 heteroatoms. The Labute approximate surface area is 163 Å². The third-order valence-electron chi connectivity index (χ3n) is 7.59. The maximum atomic E-state index is 11.8. The van der Waals surface area contributed by atoms with E-state index >= 15 is 0 Å². The molecule has 0 bridgehead atoms. The van der Waals surface area contributed by atoms with Gasteiger partial charge in [0.15, 0.2) is 0 Å². The van der Waals surface area contributed by atoms with Gasteiger partial charge in [-0.3, -0.25) is 4.79 Å². The molecular weight excluding hydrogens is 339 g/mol. The molecule has 1 saturated heterocycles. The standard InChI is InChI=1S/C22H31BO4/c1-20(2)21(3,4)27-23(26-20)17-8-6-15(7-9-17)16-10-12-22(13-11-16)14-18(22)19(24)25-5/h6-9,16,18H,10-14H2,1-5H3. The number of ether oxygens (including phenoxy) is 1. The molecule has 1 atom stereocenters. The largest absolute Gasteiger partial charge is 0.494 e. The van der Waals surface area contributed by atoms with Gasteiger partial charge in [0.25, 0.3) is 0 Å². The Morgan fingerprint density at radius 3 is 2.11 bits per heavy atom. The van der Waals surface area contributed by atoms with Crippen molar-refractivity contribution in [1.29, 1.82) is 0 Å². The summed E-state index contributed by atoms with van der Waals surface area (Å²) >= 11 is 0. The van der Waals surface area contributed by atoms with Crippen LogP contribution in [0.5, 0.6) is 0 Å². The van der Waals surface area contributed by atoms with Crippen LogP contribution in [0, 0.1) is 11.3 Å². The molecule has 1 spiro atoms. The van der Waals surface area contributed by atoms with Crippen LogP contribution in [-0.4, -0.2) is 31.4 Å². The van der Waals surface area contributed by atoms with E-state index in [0.29, 0.717) is 5.92 Å². The number of carbonyl (C=O) groups is 1. The molecule has 3 aliphatic rings. The molecule has 1 aromatic rings. The second-order valence-electron chi connectivity index (χ2n) is 9.67. The zero-order valence-corrected chi connectivity index (χ0v) is 17.2. The molecule has 1 heterocycles. The first-order valence-corrected chi connectivity index (χ1v) is 10.2. The Balaban J connectivity index is 1.38. The molecule has 27 heavy (non-hydrogen) atoms. The third kappa shape index (κ3) is 3.23. The Bertz CT molecular complexity index is 700. The highest BCUT2D eigenvalue weighted by atomic mass is 16.7. The van der Waals surface area contributed by atoms with E-state index in [1.54, 1.807) is 0 Å². The number of esters is 1. The zero-order chi connectivity index (χ0) is 19.4. The summed E-state index contributed by atoms with van der Waals surface area (Å²) in [6.45, 7) is 8.33. The number of hydrogen-bond donors (Lipinski definition) is 0. The average molecular weight is 370 g/mol. The Morgan fingerprint density at radius 1 is 1.04 bits per heavy atom. The summed E-state index contributed by atoms with van der Waals surface area (Å²) < 4.78 is 17.2. The van der Waals surface area contributed by atoms with Crippen LogP contribution in [-0.2, 0) is 18.8 Å². The molecule has 0 amide bonds. The van der Waals surface area contributed by atoms with Crippen LogP contribution in [0.2, 0.25) is 0 Å². The Hall–Kier alpha value is -1.33. The minimum atomic E-state index is -0.311. The molecule has 1 unspecified atom stereocenters. The van der Waals surface area contributed by atoms with Crippen LogP contribution in [0.1, 0.15) is 71.3 Å². The highest BCUT2D eigenvalue weighted by molar-refractivity contribution is 6.62. The predicted octanol–water partition coefficient (Wildman–Crippen LogP) is 3.82. The van der Waals surface area contributed by atoms with Gasteiger partial charge in [-0.1, -0.05) is 24.3 Å². The van der Waals surface area contributed by atoms with E-state index in [4.69, 9.17) is 14.0 Å². The van der Waals surface area contributed by atoms with Crippen LogP contribution in [0.4, 0.5) is 0 Å². The van der Waals surface area contributed by atoms with Crippen molar-refractivity contribution in [2.45, 2.75) is 76.9 Å². The van der Waals surface area contributed by atoms with Gasteiger partial charge in [0.1, 0.15) is 0 Å². The second kappa shape index (κ2) is 6.35. The quantitative estimate of drug-likeness (QED) is 0.599. The fraction of sp³-hybridized carbons (Fsp3) is 0.682. The van der Waals surface area contributed by atoms with Crippen molar-refractivity contribution in [3.05, 3.63) is 29.8 Å². The van der Waals surface area contributed by atoms with Gasteiger partial charge in [0.2, 0.25) is 0 Å². The summed E-state index contributed by atoms with van der Waals surface area (Å²) in [5.74, 6) is 0.719. The van der Waals surface area contributed by atoms with E-state index in [1.165, 1.54) is 12.7 Å². The van der Waals surface area contributed by atoms with Crippen LogP contribution < -0.4 is 5.46 Å². The van der Waals surface area contributed by atoms with E-state index in [-0.39, 0.29) is 35.6 Å². The van der Waals surface area contributed by atoms with Gasteiger partial charge in [-0.25, -0.2) is 0 Å². The van der Waals surface area contributed by atoms with Gasteiger partial charge in [-0.05, 0) is 82.2 Å². The van der Waals surface area contributed by atoms with Crippen LogP contribution >= 0.6 is 0 Å². The van der Waals surface area contributed by atoms with E-state index in [0.717, 1.165) is 37.6 Å². The summed E-state index contributed by atoms with van der Waals surface area (Å²) in [5, 5.41) is 0. The SMILES string of the molecule is COC(=O)C1CC12CCC(c1ccc(B3OC(C)(C)C(C)(C)O3)cc1)CC2. The smallest absolute Gasteiger partial charge is 0.469 e. The lowest BCUT2D eigenvalue weighted by atomic mass is 9.74. The molecule has 0 aromatic heterocycles. The highest BCUT2D eigenvalue weighted by Gasteiger charge is 2.59. The number of benzene rings is 1. The lowest BCUT2D eigenvalue weighted by Gasteiger charge is -2.32. The van der Waals surface area contributed by atoms with Crippen molar-refractivity contribution >= 4 is 18.6 Å². The molecule has 4 nitrogen and oxygen atoms in total. The maximum Gasteiger partial charge on any atom is 0.494 e. The molecule has 3 fully saturated rings. The van der Waals surface area contributed by atoms with Crippen LogP contribution in [0.15, 0.2) is 24.3 Å². The van der Waals surface area contributed by atoms with Crippen molar-refractivity contribution in [1.82, 2.24) is 0 Å². The molecule has 0 radical (unpaired) electrons. The van der Waals surface area contributed by atoms with Crippen LogP contribution in [0.25, 0.3) is 0 Å². The first-order valence-electron chi connectivity index (χ1n) is 10.2. The lowest BCUT2D eigenvalue weighted by Crippen LogP contribution is -2.41. The fourth-order valence-electron chi connectivity index (χ4n) is 4.81. The number of methoxy groups -OCH3 is 1. The molecule has 1 aromatic carbocycles. The van der Waals surface area contributed by atoms with Crippen molar-refractivity contribution in [3.63, 3.8) is 0 Å². The van der Waals surface area contributed by atoms with E-state index < -0.39 is 0 Å². The van der Waals surface area contributed by atoms with E-state index in [1.807, 2.05) is 0 Å². The molecular formula is C22H31BO4. The normalized spacial score (nSPS) is 33.9. The predicted molar refractivity (Wildman–Crippen MR) is 106 cm³/mol. The summed E-state index contributed by atoms with van der Waals surface area (Å²) in [6.07, 6.45) is 5.60. The highest BCUT2D eigenvalue weighted by Crippen LogP contribution is 2.63. The monoisotopic (exact) mass is 370 g/mol. The van der Waals surface area contributed by atoms with Gasteiger partial charge in [-0.15, -0.1) is 0 Å². The molecule has 146 valence electrons. The van der Waals surface area contributed by atoms with Crippen molar-refractivity contribution in [2.24, 2.45) is 11.3 Å². The van der Waals surface area contributed by atoms with Gasteiger partial charge in [-0.2, -0.15) is 0 Å². The van der Waals surface area contributed by atoms with Gasteiger partial charge in [0.05, 0.1) is 24.2 Å². The Morgan fingerprint density at radius 2 is 1.59 bits per heavy atom. The maximum absolute atomic E-state index is 11.8. The third-order valence-corrected chi connectivity index (χ3v) is 7.59. The second-order valence-corrected chi connectivity index (χ2v) is 9.67. The van der Waals surface area contributed by atoms with Crippen LogP contribution in [0.3, 0.4) is 0 Å². The van der Waals surface area contributed by atoms with Crippen molar-refractivity contribution in [2.75, 3.05) is 7.11 Å².